The van der Waals surface area contributed by atoms with Gasteiger partial charge >= 0.3 is 0 Å². The number of hydrogen-bond donors (Lipinski definition) is 2. The van der Waals surface area contributed by atoms with Gasteiger partial charge in [-0.05, 0) is 53.9 Å². The first kappa shape index (κ1) is 23.1. The molecule has 3 heterocycles. The number of rotatable bonds is 8. The Morgan fingerprint density at radius 2 is 1.72 bits per heavy atom. The molecule has 0 saturated heterocycles. The van der Waals surface area contributed by atoms with Crippen LogP contribution in [0.15, 0.2) is 113 Å². The van der Waals surface area contributed by atoms with Crippen LogP contribution in [0.2, 0.25) is 0 Å². The lowest BCUT2D eigenvalue weighted by atomic mass is 10.1. The summed E-state index contributed by atoms with van der Waals surface area (Å²) >= 11 is 1.55. The first-order chi connectivity index (χ1) is 17.7. The molecule has 2 aromatic carbocycles. The Bertz CT molecular complexity index is 1470. The van der Waals surface area contributed by atoms with Crippen molar-refractivity contribution in [3.63, 3.8) is 0 Å². The van der Waals surface area contributed by atoms with Crippen LogP contribution in [0, 0.1) is 0 Å². The molecule has 3 aromatic heterocycles. The van der Waals surface area contributed by atoms with E-state index in [1.807, 2.05) is 60.1 Å². The van der Waals surface area contributed by atoms with Crippen molar-refractivity contribution in [1.82, 2.24) is 20.4 Å². The zero-order chi connectivity index (χ0) is 24.7. The summed E-state index contributed by atoms with van der Waals surface area (Å²) in [6, 6.07) is 25.9. The number of para-hydroxylation sites is 1. The predicted octanol–water partition coefficient (Wildman–Crippen LogP) is 5.28. The Hall–Kier alpha value is -4.69. The van der Waals surface area contributed by atoms with E-state index in [9.17, 15) is 9.59 Å². The van der Waals surface area contributed by atoms with E-state index < -0.39 is 5.91 Å². The molecular weight excluding hydrogens is 472 g/mol. The number of hydrogen-bond acceptors (Lipinski definition) is 5. The average Bonchev–Trinajstić information content (AvgIpc) is 3.70. The van der Waals surface area contributed by atoms with Gasteiger partial charge in [0.2, 0.25) is 0 Å². The Balaban J connectivity index is 1.53. The second kappa shape index (κ2) is 10.7. The fourth-order valence-corrected chi connectivity index (χ4v) is 4.32. The number of aromatic nitrogens is 2. The molecule has 2 N–H and O–H groups in total. The summed E-state index contributed by atoms with van der Waals surface area (Å²) in [5.74, 6) is -0.225. The van der Waals surface area contributed by atoms with E-state index >= 15 is 0 Å². The Kier molecular flexibility index (Phi) is 6.86. The van der Waals surface area contributed by atoms with Crippen molar-refractivity contribution in [2.45, 2.75) is 6.54 Å². The SMILES string of the molecule is O=C(NCc1ccco1)/C(=C\c1cn(-c2ccccc2)nc1-c1cccs1)NC(=O)c1ccccc1. The number of benzene rings is 2. The van der Waals surface area contributed by atoms with Gasteiger partial charge in [-0.1, -0.05) is 42.5 Å². The van der Waals surface area contributed by atoms with Gasteiger partial charge in [-0.15, -0.1) is 11.3 Å². The third-order valence-electron chi connectivity index (χ3n) is 5.35. The van der Waals surface area contributed by atoms with Crippen molar-refractivity contribution in [3.8, 4) is 16.3 Å². The van der Waals surface area contributed by atoms with Crippen LogP contribution in [0.5, 0.6) is 0 Å². The number of nitrogens with zero attached hydrogens (tertiary/aromatic N) is 2. The van der Waals surface area contributed by atoms with Crippen molar-refractivity contribution in [2.24, 2.45) is 0 Å². The average molecular weight is 495 g/mol. The smallest absolute Gasteiger partial charge is 0.268 e. The van der Waals surface area contributed by atoms with Gasteiger partial charge in [0.15, 0.2) is 0 Å². The highest BCUT2D eigenvalue weighted by molar-refractivity contribution is 7.13. The van der Waals surface area contributed by atoms with Gasteiger partial charge in [-0.3, -0.25) is 9.59 Å². The van der Waals surface area contributed by atoms with Crippen LogP contribution in [0.1, 0.15) is 21.7 Å². The van der Waals surface area contributed by atoms with E-state index in [4.69, 9.17) is 9.52 Å². The molecule has 0 aliphatic rings. The molecule has 8 heteroatoms. The van der Waals surface area contributed by atoms with Crippen molar-refractivity contribution >= 4 is 29.2 Å². The zero-order valence-corrected chi connectivity index (χ0v) is 19.9. The molecule has 0 unspecified atom stereocenters. The number of nitrogens with one attached hydrogen (secondary N) is 2. The summed E-state index contributed by atoms with van der Waals surface area (Å²) < 4.78 is 7.08. The highest BCUT2D eigenvalue weighted by Gasteiger charge is 2.18. The van der Waals surface area contributed by atoms with E-state index in [1.165, 1.54) is 0 Å². The number of carbonyl (C=O) groups is 2. The zero-order valence-electron chi connectivity index (χ0n) is 19.1. The third-order valence-corrected chi connectivity index (χ3v) is 6.23. The lowest BCUT2D eigenvalue weighted by Crippen LogP contribution is -2.34. The van der Waals surface area contributed by atoms with Crippen molar-refractivity contribution in [2.75, 3.05) is 0 Å². The minimum Gasteiger partial charge on any atom is -0.467 e. The first-order valence-corrected chi connectivity index (χ1v) is 12.1. The Morgan fingerprint density at radius 3 is 2.42 bits per heavy atom. The summed E-state index contributed by atoms with van der Waals surface area (Å²) in [5, 5.41) is 12.3. The maximum Gasteiger partial charge on any atom is 0.268 e. The van der Waals surface area contributed by atoms with E-state index in [0.29, 0.717) is 22.6 Å². The normalized spacial score (nSPS) is 11.3. The molecule has 2 amide bonds. The van der Waals surface area contributed by atoms with Crippen LogP contribution in [0.4, 0.5) is 0 Å². The van der Waals surface area contributed by atoms with Crippen molar-refractivity contribution < 1.29 is 14.0 Å². The molecule has 0 bridgehead atoms. The van der Waals surface area contributed by atoms with Gasteiger partial charge in [0, 0.05) is 17.3 Å². The van der Waals surface area contributed by atoms with E-state index in [0.717, 1.165) is 10.6 Å². The van der Waals surface area contributed by atoms with E-state index in [-0.39, 0.29) is 18.1 Å². The maximum absolute atomic E-state index is 13.2. The number of amides is 2. The molecule has 0 radical (unpaired) electrons. The second-order valence-electron chi connectivity index (χ2n) is 7.83. The van der Waals surface area contributed by atoms with Crippen LogP contribution in [-0.2, 0) is 11.3 Å². The first-order valence-electron chi connectivity index (χ1n) is 11.2. The Labute approximate surface area is 211 Å². The monoisotopic (exact) mass is 494 g/mol. The summed E-state index contributed by atoms with van der Waals surface area (Å²) in [6.45, 7) is 0.186. The van der Waals surface area contributed by atoms with Gasteiger partial charge < -0.3 is 15.1 Å². The van der Waals surface area contributed by atoms with Crippen molar-refractivity contribution in [3.05, 3.63) is 125 Å². The largest absolute Gasteiger partial charge is 0.467 e. The quantitative estimate of drug-likeness (QED) is 0.287. The Morgan fingerprint density at radius 1 is 0.944 bits per heavy atom. The van der Waals surface area contributed by atoms with Crippen LogP contribution >= 0.6 is 11.3 Å². The standard InChI is InChI=1S/C28H22N4O3S/c33-27(20-9-3-1-4-10-20)30-24(28(34)29-18-23-13-7-15-35-23)17-21-19-32(22-11-5-2-6-12-22)31-26(21)25-14-8-16-36-25/h1-17,19H,18H2,(H,29,34)(H,30,33)/b24-17+. The lowest BCUT2D eigenvalue weighted by molar-refractivity contribution is -0.118. The predicted molar refractivity (Wildman–Crippen MR) is 139 cm³/mol. The van der Waals surface area contributed by atoms with Gasteiger partial charge in [0.05, 0.1) is 23.4 Å². The van der Waals surface area contributed by atoms with E-state index in [1.54, 1.807) is 64.8 Å². The number of carbonyl (C=O) groups excluding carboxylic acids is 2. The minimum absolute atomic E-state index is 0.0980. The molecule has 178 valence electrons. The summed E-state index contributed by atoms with van der Waals surface area (Å²) in [6.07, 6.45) is 5.04. The molecule has 0 aliphatic heterocycles. The molecule has 5 rings (SSSR count). The molecule has 0 aliphatic carbocycles. The van der Waals surface area contributed by atoms with Gasteiger partial charge in [0.25, 0.3) is 11.8 Å². The molecule has 0 atom stereocenters. The summed E-state index contributed by atoms with van der Waals surface area (Å²) in [7, 11) is 0. The van der Waals surface area contributed by atoms with Crippen LogP contribution in [0.25, 0.3) is 22.3 Å². The molecular formula is C28H22N4O3S. The second-order valence-corrected chi connectivity index (χ2v) is 8.78. The maximum atomic E-state index is 13.2. The fraction of sp³-hybridized carbons (Fsp3) is 0.0357. The number of furan rings is 1. The van der Waals surface area contributed by atoms with Crippen molar-refractivity contribution in [1.29, 1.82) is 0 Å². The van der Waals surface area contributed by atoms with Crippen LogP contribution in [-0.4, -0.2) is 21.6 Å². The summed E-state index contributed by atoms with van der Waals surface area (Å²) in [4.78, 5) is 27.1. The van der Waals surface area contributed by atoms with Gasteiger partial charge in [0.1, 0.15) is 17.2 Å². The number of thiophene rings is 1. The molecule has 36 heavy (non-hydrogen) atoms. The molecule has 0 fully saturated rings. The molecule has 5 aromatic rings. The minimum atomic E-state index is -0.444. The van der Waals surface area contributed by atoms with Crippen LogP contribution in [0.3, 0.4) is 0 Å². The van der Waals surface area contributed by atoms with Gasteiger partial charge in [-0.2, -0.15) is 5.10 Å². The van der Waals surface area contributed by atoms with E-state index in [2.05, 4.69) is 10.6 Å². The third kappa shape index (κ3) is 5.34. The lowest BCUT2D eigenvalue weighted by Gasteiger charge is -2.10. The molecule has 0 saturated carbocycles. The van der Waals surface area contributed by atoms with Crippen LogP contribution < -0.4 is 10.6 Å². The molecule has 7 nitrogen and oxygen atoms in total. The highest BCUT2D eigenvalue weighted by Crippen LogP contribution is 2.29. The topological polar surface area (TPSA) is 89.2 Å². The van der Waals surface area contributed by atoms with Gasteiger partial charge in [-0.25, -0.2) is 4.68 Å². The fourth-order valence-electron chi connectivity index (χ4n) is 3.58. The molecule has 0 spiro atoms. The summed E-state index contributed by atoms with van der Waals surface area (Å²) in [5.41, 5.74) is 2.82. The highest BCUT2D eigenvalue weighted by atomic mass is 32.1.